The fourth-order valence-corrected chi connectivity index (χ4v) is 3.11. The van der Waals surface area contributed by atoms with Gasteiger partial charge in [0.2, 0.25) is 5.91 Å². The lowest BCUT2D eigenvalue weighted by Gasteiger charge is -2.31. The third-order valence-corrected chi connectivity index (χ3v) is 4.76. The summed E-state index contributed by atoms with van der Waals surface area (Å²) < 4.78 is 10.8. The van der Waals surface area contributed by atoms with Crippen molar-refractivity contribution < 1.29 is 19.1 Å². The zero-order valence-electron chi connectivity index (χ0n) is 17.9. The largest absolute Gasteiger partial charge is 0.497 e. The molecule has 0 saturated heterocycles. The predicted molar refractivity (Wildman–Crippen MR) is 118 cm³/mol. The summed E-state index contributed by atoms with van der Waals surface area (Å²) in [5, 5.41) is 3.52. The molecule has 1 atom stereocenters. The summed E-state index contributed by atoms with van der Waals surface area (Å²) in [4.78, 5) is 27.4. The molecule has 0 radical (unpaired) electrons. The number of halogens is 1. The minimum absolute atomic E-state index is 0.0189. The molecule has 2 aromatic rings. The summed E-state index contributed by atoms with van der Waals surface area (Å²) in [6.07, 6.45) is 0.487. The van der Waals surface area contributed by atoms with E-state index in [0.717, 1.165) is 5.56 Å². The monoisotopic (exact) mass is 432 g/mol. The van der Waals surface area contributed by atoms with Gasteiger partial charge in [-0.15, -0.1) is 0 Å². The Kier molecular flexibility index (Phi) is 8.99. The molecule has 0 bridgehead atoms. The average molecular weight is 433 g/mol. The minimum atomic E-state index is -0.602. The molecule has 0 aliphatic heterocycles. The lowest BCUT2D eigenvalue weighted by molar-refractivity contribution is -0.143. The van der Waals surface area contributed by atoms with Gasteiger partial charge >= 0.3 is 0 Å². The summed E-state index contributed by atoms with van der Waals surface area (Å²) in [5.74, 6) is 0.801. The highest BCUT2D eigenvalue weighted by Gasteiger charge is 2.29. The quantitative estimate of drug-likeness (QED) is 0.614. The van der Waals surface area contributed by atoms with Gasteiger partial charge in [0.05, 0.1) is 7.11 Å². The number of ether oxygens (including phenoxy) is 2. The maximum Gasteiger partial charge on any atom is 0.261 e. The molecule has 0 saturated carbocycles. The van der Waals surface area contributed by atoms with Crippen molar-refractivity contribution in [3.63, 3.8) is 0 Å². The molecule has 0 spiro atoms. The molecule has 30 heavy (non-hydrogen) atoms. The van der Waals surface area contributed by atoms with E-state index >= 15 is 0 Å². The first-order chi connectivity index (χ1) is 14.3. The number of hydrogen-bond acceptors (Lipinski definition) is 4. The van der Waals surface area contributed by atoms with Crippen LogP contribution in [-0.2, 0) is 16.1 Å². The second-order valence-corrected chi connectivity index (χ2v) is 7.64. The van der Waals surface area contributed by atoms with Crippen LogP contribution in [0.3, 0.4) is 0 Å². The van der Waals surface area contributed by atoms with E-state index in [1.165, 1.54) is 0 Å². The van der Waals surface area contributed by atoms with E-state index in [0.29, 0.717) is 22.9 Å². The summed E-state index contributed by atoms with van der Waals surface area (Å²) in [7, 11) is 1.58. The van der Waals surface area contributed by atoms with E-state index in [2.05, 4.69) is 5.32 Å². The fourth-order valence-electron chi connectivity index (χ4n) is 2.99. The Labute approximate surface area is 183 Å². The maximum atomic E-state index is 13.1. The van der Waals surface area contributed by atoms with Crippen molar-refractivity contribution >= 4 is 23.4 Å². The van der Waals surface area contributed by atoms with Crippen molar-refractivity contribution in [3.05, 3.63) is 59.1 Å². The van der Waals surface area contributed by atoms with Gasteiger partial charge in [0.25, 0.3) is 5.91 Å². The van der Waals surface area contributed by atoms with Crippen LogP contribution in [0, 0.1) is 0 Å². The van der Waals surface area contributed by atoms with Crippen LogP contribution < -0.4 is 14.8 Å². The van der Waals surface area contributed by atoms with Gasteiger partial charge < -0.3 is 19.7 Å². The van der Waals surface area contributed by atoms with Gasteiger partial charge in [-0.1, -0.05) is 30.7 Å². The molecule has 0 aromatic heterocycles. The van der Waals surface area contributed by atoms with E-state index in [-0.39, 0.29) is 31.0 Å². The minimum Gasteiger partial charge on any atom is -0.497 e. The number of carbonyl (C=O) groups is 2. The molecule has 162 valence electrons. The summed E-state index contributed by atoms with van der Waals surface area (Å²) >= 11 is 5.97. The predicted octanol–water partition coefficient (Wildman–Crippen LogP) is 4.06. The van der Waals surface area contributed by atoms with E-state index in [4.69, 9.17) is 21.1 Å². The zero-order valence-corrected chi connectivity index (χ0v) is 18.6. The normalized spacial score (nSPS) is 11.7. The van der Waals surface area contributed by atoms with Crippen molar-refractivity contribution in [1.29, 1.82) is 0 Å². The molecule has 0 heterocycles. The van der Waals surface area contributed by atoms with Crippen LogP contribution in [0.2, 0.25) is 5.02 Å². The number of nitrogens with one attached hydrogen (secondary N) is 1. The number of rotatable bonds is 10. The molecule has 0 aliphatic rings. The lowest BCUT2D eigenvalue weighted by atomic mass is 10.1. The standard InChI is InChI=1S/C23H29ClN2O4/c1-5-21(23(28)25-16(2)3)26(14-17-6-8-18(24)9-7-17)22(27)15-30-20-12-10-19(29-4)11-13-20/h6-13,16,21H,5,14-15H2,1-4H3,(H,25,28)/t21-/m1/s1. The molecule has 1 N–H and O–H groups in total. The Bertz CT molecular complexity index is 822. The maximum absolute atomic E-state index is 13.1. The highest BCUT2D eigenvalue weighted by molar-refractivity contribution is 6.30. The van der Waals surface area contributed by atoms with Crippen molar-refractivity contribution in [1.82, 2.24) is 10.2 Å². The van der Waals surface area contributed by atoms with Crippen LogP contribution in [-0.4, -0.2) is 42.5 Å². The highest BCUT2D eigenvalue weighted by atomic mass is 35.5. The van der Waals surface area contributed by atoms with Crippen molar-refractivity contribution in [3.8, 4) is 11.5 Å². The number of amides is 2. The topological polar surface area (TPSA) is 67.9 Å². The fraction of sp³-hybridized carbons (Fsp3) is 0.391. The van der Waals surface area contributed by atoms with E-state index in [9.17, 15) is 9.59 Å². The number of carbonyl (C=O) groups excluding carboxylic acids is 2. The van der Waals surface area contributed by atoms with E-state index in [1.54, 1.807) is 48.4 Å². The van der Waals surface area contributed by atoms with Crippen LogP contribution in [0.1, 0.15) is 32.8 Å². The summed E-state index contributed by atoms with van der Waals surface area (Å²) in [6, 6.07) is 13.6. The average Bonchev–Trinajstić information content (AvgIpc) is 2.73. The number of benzene rings is 2. The van der Waals surface area contributed by atoms with Gasteiger partial charge in [-0.2, -0.15) is 0 Å². The van der Waals surface area contributed by atoms with Crippen molar-refractivity contribution in [2.45, 2.75) is 45.8 Å². The Balaban J connectivity index is 2.17. The van der Waals surface area contributed by atoms with E-state index < -0.39 is 6.04 Å². The van der Waals surface area contributed by atoms with Gasteiger partial charge in [0.15, 0.2) is 6.61 Å². The smallest absolute Gasteiger partial charge is 0.261 e. The molecule has 0 unspecified atom stereocenters. The zero-order chi connectivity index (χ0) is 22.1. The molecule has 7 heteroatoms. The molecule has 2 rings (SSSR count). The Morgan fingerprint density at radius 2 is 1.63 bits per heavy atom. The second kappa shape index (κ2) is 11.5. The first-order valence-corrected chi connectivity index (χ1v) is 10.3. The molecular formula is C23H29ClN2O4. The lowest BCUT2D eigenvalue weighted by Crippen LogP contribution is -2.51. The van der Waals surface area contributed by atoms with Crippen molar-refractivity contribution in [2.24, 2.45) is 0 Å². The SMILES string of the molecule is CC[C@H](C(=O)NC(C)C)N(Cc1ccc(Cl)cc1)C(=O)COc1ccc(OC)cc1. The second-order valence-electron chi connectivity index (χ2n) is 7.20. The number of nitrogens with zero attached hydrogens (tertiary/aromatic N) is 1. The van der Waals surface area contributed by atoms with Gasteiger partial charge in [-0.25, -0.2) is 0 Å². The third-order valence-electron chi connectivity index (χ3n) is 4.50. The summed E-state index contributed by atoms with van der Waals surface area (Å²) in [5.41, 5.74) is 0.882. The van der Waals surface area contributed by atoms with Gasteiger partial charge in [-0.3, -0.25) is 9.59 Å². The number of methoxy groups -OCH3 is 1. The molecule has 2 aromatic carbocycles. The van der Waals surface area contributed by atoms with Gasteiger partial charge in [-0.05, 0) is 62.2 Å². The van der Waals surface area contributed by atoms with Crippen LogP contribution in [0.5, 0.6) is 11.5 Å². The van der Waals surface area contributed by atoms with Crippen LogP contribution in [0.4, 0.5) is 0 Å². The van der Waals surface area contributed by atoms with Gasteiger partial charge in [0.1, 0.15) is 17.5 Å². The highest BCUT2D eigenvalue weighted by Crippen LogP contribution is 2.19. The van der Waals surface area contributed by atoms with Crippen LogP contribution in [0.15, 0.2) is 48.5 Å². The van der Waals surface area contributed by atoms with Crippen LogP contribution in [0.25, 0.3) is 0 Å². The summed E-state index contributed by atoms with van der Waals surface area (Å²) in [6.45, 7) is 5.78. The Hall–Kier alpha value is -2.73. The Morgan fingerprint density at radius 3 is 2.17 bits per heavy atom. The van der Waals surface area contributed by atoms with E-state index in [1.807, 2.05) is 32.9 Å². The first-order valence-electron chi connectivity index (χ1n) is 9.95. The van der Waals surface area contributed by atoms with Crippen LogP contribution >= 0.6 is 11.6 Å². The molecule has 6 nitrogen and oxygen atoms in total. The molecule has 2 amide bonds. The third kappa shape index (κ3) is 6.95. The number of hydrogen-bond donors (Lipinski definition) is 1. The van der Waals surface area contributed by atoms with Crippen molar-refractivity contribution in [2.75, 3.05) is 13.7 Å². The molecule has 0 fully saturated rings. The van der Waals surface area contributed by atoms with Gasteiger partial charge in [0, 0.05) is 17.6 Å². The Morgan fingerprint density at radius 1 is 1.03 bits per heavy atom. The molecular weight excluding hydrogens is 404 g/mol. The molecule has 0 aliphatic carbocycles. The first kappa shape index (κ1) is 23.5.